The summed E-state index contributed by atoms with van der Waals surface area (Å²) in [6, 6.07) is 21.6. The zero-order valence-corrected chi connectivity index (χ0v) is 26.1. The van der Waals surface area contributed by atoms with Crippen molar-refractivity contribution in [3.8, 4) is 0 Å². The van der Waals surface area contributed by atoms with E-state index in [1.165, 1.54) is 27.8 Å². The van der Waals surface area contributed by atoms with Gasteiger partial charge in [0.05, 0.1) is 28.3 Å². The lowest BCUT2D eigenvalue weighted by Gasteiger charge is -2.27. The standard InChI is InChI=1S/C30H33BrN4O4S2/c1-2-34(22-23-7-4-3-5-8-23)41(37,38)26-12-9-24(10-13-26)29(36)35(16-6-15-33-17-19-39-20-18-33)30-32-27-14-11-25(31)21-28(27)40-30/h3-5,7-14,21H,2,6,15-20,22H2,1H3. The number of hydrogen-bond acceptors (Lipinski definition) is 7. The molecule has 8 nitrogen and oxygen atoms in total. The molecule has 1 amide bonds. The van der Waals surface area contributed by atoms with Gasteiger partial charge in [-0.3, -0.25) is 14.6 Å². The molecule has 0 saturated carbocycles. The lowest BCUT2D eigenvalue weighted by Crippen LogP contribution is -2.39. The number of sulfonamides is 1. The van der Waals surface area contributed by atoms with Crippen molar-refractivity contribution in [2.75, 3.05) is 50.8 Å². The molecule has 1 aliphatic heterocycles. The molecular formula is C30H33BrN4O4S2. The van der Waals surface area contributed by atoms with Crippen LogP contribution < -0.4 is 4.90 Å². The van der Waals surface area contributed by atoms with E-state index in [4.69, 9.17) is 9.72 Å². The van der Waals surface area contributed by atoms with Gasteiger partial charge < -0.3 is 4.74 Å². The van der Waals surface area contributed by atoms with Crippen molar-refractivity contribution < 1.29 is 17.9 Å². The zero-order chi connectivity index (χ0) is 28.8. The summed E-state index contributed by atoms with van der Waals surface area (Å²) in [7, 11) is -3.73. The highest BCUT2D eigenvalue weighted by molar-refractivity contribution is 9.10. The predicted octanol–water partition coefficient (Wildman–Crippen LogP) is 5.64. The number of carbonyl (C=O) groups is 1. The van der Waals surface area contributed by atoms with Gasteiger partial charge in [0.15, 0.2) is 5.13 Å². The van der Waals surface area contributed by atoms with Crippen molar-refractivity contribution in [2.24, 2.45) is 0 Å². The van der Waals surface area contributed by atoms with Gasteiger partial charge in [0.2, 0.25) is 10.0 Å². The number of nitrogens with zero attached hydrogens (tertiary/aromatic N) is 4. The van der Waals surface area contributed by atoms with Gasteiger partial charge in [0.1, 0.15) is 0 Å². The van der Waals surface area contributed by atoms with Crippen LogP contribution in [-0.4, -0.2) is 74.5 Å². The number of anilines is 1. The van der Waals surface area contributed by atoms with Crippen molar-refractivity contribution >= 4 is 58.5 Å². The summed E-state index contributed by atoms with van der Waals surface area (Å²) < 4.78 is 35.7. The number of amides is 1. The van der Waals surface area contributed by atoms with Crippen LogP contribution in [0.5, 0.6) is 0 Å². The SMILES string of the molecule is CCN(Cc1ccccc1)S(=O)(=O)c1ccc(C(=O)N(CCCN2CCOCC2)c2nc3ccc(Br)cc3s2)cc1. The van der Waals surface area contributed by atoms with Gasteiger partial charge in [-0.2, -0.15) is 4.31 Å². The highest BCUT2D eigenvalue weighted by Crippen LogP contribution is 2.32. The third-order valence-electron chi connectivity index (χ3n) is 7.07. The monoisotopic (exact) mass is 656 g/mol. The Balaban J connectivity index is 1.36. The average molecular weight is 658 g/mol. The van der Waals surface area contributed by atoms with Gasteiger partial charge in [0.25, 0.3) is 5.91 Å². The third kappa shape index (κ3) is 7.22. The summed E-state index contributed by atoms with van der Waals surface area (Å²) in [5.74, 6) is -0.203. The lowest BCUT2D eigenvalue weighted by atomic mass is 10.2. The van der Waals surface area contributed by atoms with Gasteiger partial charge in [-0.25, -0.2) is 13.4 Å². The fourth-order valence-electron chi connectivity index (χ4n) is 4.79. The molecule has 0 N–H and O–H groups in total. The number of fused-ring (bicyclic) bond motifs is 1. The second kappa shape index (κ2) is 13.5. The molecule has 5 rings (SSSR count). The first kappa shape index (κ1) is 29.8. The topological polar surface area (TPSA) is 83.1 Å². The van der Waals surface area contributed by atoms with Gasteiger partial charge >= 0.3 is 0 Å². The maximum Gasteiger partial charge on any atom is 0.260 e. The fourth-order valence-corrected chi connectivity index (χ4v) is 7.77. The number of aromatic nitrogens is 1. The second-order valence-electron chi connectivity index (χ2n) is 9.81. The Morgan fingerprint density at radius 2 is 1.78 bits per heavy atom. The predicted molar refractivity (Wildman–Crippen MR) is 167 cm³/mol. The molecule has 3 aromatic carbocycles. The zero-order valence-electron chi connectivity index (χ0n) is 22.9. The van der Waals surface area contributed by atoms with E-state index in [0.717, 1.165) is 59.5 Å². The molecular weight excluding hydrogens is 624 g/mol. The van der Waals surface area contributed by atoms with Crippen molar-refractivity contribution in [2.45, 2.75) is 24.8 Å². The summed E-state index contributed by atoms with van der Waals surface area (Å²) in [5.41, 5.74) is 2.17. The number of halogens is 1. The first-order chi connectivity index (χ1) is 19.8. The molecule has 1 aliphatic rings. The number of thiazole rings is 1. The summed E-state index contributed by atoms with van der Waals surface area (Å²) in [6.07, 6.45) is 0.781. The minimum Gasteiger partial charge on any atom is -0.379 e. The normalized spacial score (nSPS) is 14.5. The number of rotatable bonds is 11. The van der Waals surface area contributed by atoms with E-state index >= 15 is 0 Å². The van der Waals surface area contributed by atoms with Crippen molar-refractivity contribution in [1.29, 1.82) is 0 Å². The van der Waals surface area contributed by atoms with Gasteiger partial charge in [-0.1, -0.05) is 64.5 Å². The first-order valence-electron chi connectivity index (χ1n) is 13.7. The highest BCUT2D eigenvalue weighted by atomic mass is 79.9. The summed E-state index contributed by atoms with van der Waals surface area (Å²) in [5, 5.41) is 0.627. The average Bonchev–Trinajstić information content (AvgIpc) is 3.41. The Morgan fingerprint density at radius 1 is 1.05 bits per heavy atom. The summed E-state index contributed by atoms with van der Waals surface area (Å²) in [4.78, 5) is 22.8. The van der Waals surface area contributed by atoms with Crippen LogP contribution in [0, 0.1) is 0 Å². The molecule has 216 valence electrons. The van der Waals surface area contributed by atoms with Gasteiger partial charge in [-0.05, 0) is 54.4 Å². The number of ether oxygens (including phenoxy) is 1. The number of hydrogen-bond donors (Lipinski definition) is 0. The molecule has 0 radical (unpaired) electrons. The van der Waals surface area contributed by atoms with Crippen LogP contribution in [-0.2, 0) is 21.3 Å². The van der Waals surface area contributed by atoms with Crippen molar-refractivity contribution in [3.63, 3.8) is 0 Å². The Hall–Kier alpha value is -2.67. The molecule has 0 bridgehead atoms. The maximum absolute atomic E-state index is 13.9. The second-order valence-corrected chi connectivity index (χ2v) is 13.7. The fraction of sp³-hybridized carbons (Fsp3) is 0.333. The van der Waals surface area contributed by atoms with Gasteiger partial charge in [0, 0.05) is 49.3 Å². The Labute approximate surface area is 253 Å². The number of carbonyl (C=O) groups excluding carboxylic acids is 1. The Bertz CT molecular complexity index is 1570. The molecule has 1 fully saturated rings. The molecule has 0 unspecified atom stereocenters. The minimum absolute atomic E-state index is 0.163. The van der Waals surface area contributed by atoms with Crippen LogP contribution >= 0.6 is 27.3 Å². The molecule has 2 heterocycles. The van der Waals surface area contributed by atoms with E-state index in [1.54, 1.807) is 17.0 Å². The van der Waals surface area contributed by atoms with Gasteiger partial charge in [-0.15, -0.1) is 0 Å². The molecule has 1 aromatic heterocycles. The number of morpholine rings is 1. The van der Waals surface area contributed by atoms with Crippen LogP contribution in [0.15, 0.2) is 82.2 Å². The van der Waals surface area contributed by atoms with Crippen molar-refractivity contribution in [3.05, 3.63) is 88.4 Å². The van der Waals surface area contributed by atoms with E-state index in [0.29, 0.717) is 23.8 Å². The Kier molecular flexibility index (Phi) is 9.84. The van der Waals surface area contributed by atoms with Crippen LogP contribution in [0.4, 0.5) is 5.13 Å². The van der Waals surface area contributed by atoms with E-state index in [9.17, 15) is 13.2 Å². The lowest BCUT2D eigenvalue weighted by molar-refractivity contribution is 0.0376. The number of benzene rings is 3. The quantitative estimate of drug-likeness (QED) is 0.208. The van der Waals surface area contributed by atoms with E-state index in [1.807, 2.05) is 55.5 Å². The molecule has 4 aromatic rings. The maximum atomic E-state index is 13.9. The third-order valence-corrected chi connectivity index (χ3v) is 10.5. The minimum atomic E-state index is -3.73. The van der Waals surface area contributed by atoms with Crippen LogP contribution in [0.25, 0.3) is 10.2 Å². The first-order valence-corrected chi connectivity index (χ1v) is 16.7. The summed E-state index contributed by atoms with van der Waals surface area (Å²) >= 11 is 4.99. The van der Waals surface area contributed by atoms with Crippen LogP contribution in [0.1, 0.15) is 29.3 Å². The highest BCUT2D eigenvalue weighted by Gasteiger charge is 2.26. The summed E-state index contributed by atoms with van der Waals surface area (Å²) in [6.45, 7) is 7.03. The van der Waals surface area contributed by atoms with Crippen molar-refractivity contribution in [1.82, 2.24) is 14.2 Å². The van der Waals surface area contributed by atoms with E-state index < -0.39 is 10.0 Å². The molecule has 11 heteroatoms. The molecule has 1 saturated heterocycles. The van der Waals surface area contributed by atoms with E-state index in [-0.39, 0.29) is 17.3 Å². The molecule has 0 spiro atoms. The smallest absolute Gasteiger partial charge is 0.260 e. The van der Waals surface area contributed by atoms with Crippen LogP contribution in [0.2, 0.25) is 0 Å². The largest absolute Gasteiger partial charge is 0.379 e. The van der Waals surface area contributed by atoms with E-state index in [2.05, 4.69) is 20.8 Å². The Morgan fingerprint density at radius 3 is 2.49 bits per heavy atom. The van der Waals surface area contributed by atoms with Crippen LogP contribution in [0.3, 0.4) is 0 Å². The molecule has 0 aliphatic carbocycles. The molecule has 0 atom stereocenters. The molecule has 41 heavy (non-hydrogen) atoms.